The molecule has 2 rings (SSSR count). The van der Waals surface area contributed by atoms with Crippen LogP contribution in [0, 0.1) is 0 Å². The van der Waals surface area contributed by atoms with Crippen LogP contribution in [0.1, 0.15) is 18.5 Å². The van der Waals surface area contributed by atoms with Crippen molar-refractivity contribution >= 4 is 21.6 Å². The highest BCUT2D eigenvalue weighted by Crippen LogP contribution is 2.21. The number of phenols is 1. The van der Waals surface area contributed by atoms with Gasteiger partial charge in [-0.1, -0.05) is 23.7 Å². The summed E-state index contributed by atoms with van der Waals surface area (Å²) in [5, 5.41) is 9.52. The molecule has 0 aliphatic carbocycles. The molecule has 2 aromatic rings. The molecule has 2 N–H and O–H groups in total. The number of halogens is 1. The molecule has 106 valence electrons. The third kappa shape index (κ3) is 3.47. The predicted octanol–water partition coefficient (Wildman–Crippen LogP) is 2.48. The van der Waals surface area contributed by atoms with Crippen molar-refractivity contribution in [2.24, 2.45) is 0 Å². The van der Waals surface area contributed by atoms with Crippen LogP contribution in [0.5, 0.6) is 5.75 Å². The third-order valence-corrected chi connectivity index (χ3v) is 4.46. The Bertz CT molecular complexity index is 719. The quantitative estimate of drug-likeness (QED) is 0.850. The maximum atomic E-state index is 12.2. The first-order valence-electron chi connectivity index (χ1n) is 5.81. The summed E-state index contributed by atoms with van der Waals surface area (Å²) < 4.78 is 26.9. The fourth-order valence-corrected chi connectivity index (χ4v) is 3.20. The van der Waals surface area contributed by atoms with Crippen LogP contribution in [-0.2, 0) is 10.0 Å². The standard InChI is InChI=1S/C13H13ClN2O3S/c1-9(10-3-2-4-11(17)7-10)16-20(18,19)12-5-6-15-13(14)8-12/h2-9,16-17H,1H3. The number of benzene rings is 1. The van der Waals surface area contributed by atoms with E-state index in [0.29, 0.717) is 5.56 Å². The Morgan fingerprint density at radius 2 is 2.05 bits per heavy atom. The van der Waals surface area contributed by atoms with Gasteiger partial charge in [-0.15, -0.1) is 0 Å². The molecule has 0 bridgehead atoms. The van der Waals surface area contributed by atoms with Crippen molar-refractivity contribution in [1.82, 2.24) is 9.71 Å². The van der Waals surface area contributed by atoms with Crippen LogP contribution in [0.2, 0.25) is 5.15 Å². The summed E-state index contributed by atoms with van der Waals surface area (Å²) in [4.78, 5) is 3.79. The van der Waals surface area contributed by atoms with Gasteiger partial charge in [0.2, 0.25) is 10.0 Å². The smallest absolute Gasteiger partial charge is 0.241 e. The molecular weight excluding hydrogens is 300 g/mol. The minimum Gasteiger partial charge on any atom is -0.508 e. The van der Waals surface area contributed by atoms with Crippen LogP contribution in [0.25, 0.3) is 0 Å². The molecule has 0 aliphatic heterocycles. The number of sulfonamides is 1. The lowest BCUT2D eigenvalue weighted by Crippen LogP contribution is -2.26. The van der Waals surface area contributed by atoms with Gasteiger partial charge in [0, 0.05) is 12.2 Å². The largest absolute Gasteiger partial charge is 0.508 e. The Morgan fingerprint density at radius 1 is 1.30 bits per heavy atom. The zero-order chi connectivity index (χ0) is 14.8. The number of pyridine rings is 1. The summed E-state index contributed by atoms with van der Waals surface area (Å²) in [6, 6.07) is 8.56. The second-order valence-corrected chi connectivity index (χ2v) is 6.35. The average molecular weight is 313 g/mol. The lowest BCUT2D eigenvalue weighted by molar-refractivity contribution is 0.473. The molecule has 5 nitrogen and oxygen atoms in total. The first-order valence-corrected chi connectivity index (χ1v) is 7.67. The lowest BCUT2D eigenvalue weighted by atomic mass is 10.1. The van der Waals surface area contributed by atoms with Gasteiger partial charge in [-0.2, -0.15) is 0 Å². The SMILES string of the molecule is CC(NS(=O)(=O)c1ccnc(Cl)c1)c1cccc(O)c1. The first kappa shape index (κ1) is 14.8. The zero-order valence-corrected chi connectivity index (χ0v) is 12.2. The van der Waals surface area contributed by atoms with Gasteiger partial charge in [0.05, 0.1) is 4.90 Å². The van der Waals surface area contributed by atoms with Crippen LogP contribution < -0.4 is 4.72 Å². The number of nitrogens with zero attached hydrogens (tertiary/aromatic N) is 1. The van der Waals surface area contributed by atoms with Gasteiger partial charge in [0.15, 0.2) is 0 Å². The van der Waals surface area contributed by atoms with Crippen molar-refractivity contribution in [1.29, 1.82) is 0 Å². The number of rotatable bonds is 4. The van der Waals surface area contributed by atoms with Gasteiger partial charge in [-0.25, -0.2) is 18.1 Å². The molecule has 0 fully saturated rings. The van der Waals surface area contributed by atoms with Crippen LogP contribution in [-0.4, -0.2) is 18.5 Å². The van der Waals surface area contributed by atoms with Crippen LogP contribution >= 0.6 is 11.6 Å². The van der Waals surface area contributed by atoms with Crippen molar-refractivity contribution in [3.8, 4) is 5.75 Å². The Morgan fingerprint density at radius 3 is 2.70 bits per heavy atom. The highest BCUT2D eigenvalue weighted by molar-refractivity contribution is 7.89. The Labute approximate surface area is 122 Å². The highest BCUT2D eigenvalue weighted by atomic mass is 35.5. The molecule has 1 heterocycles. The monoisotopic (exact) mass is 312 g/mol. The summed E-state index contributed by atoms with van der Waals surface area (Å²) in [7, 11) is -3.70. The summed E-state index contributed by atoms with van der Waals surface area (Å²) in [5.74, 6) is 0.0838. The first-order chi connectivity index (χ1) is 9.38. The van der Waals surface area contributed by atoms with E-state index in [1.165, 1.54) is 30.5 Å². The molecule has 0 amide bonds. The van der Waals surface area contributed by atoms with E-state index in [0.717, 1.165) is 0 Å². The molecule has 0 spiro atoms. The molecule has 1 aromatic heterocycles. The van der Waals surface area contributed by atoms with Gasteiger partial charge in [0.25, 0.3) is 0 Å². The van der Waals surface area contributed by atoms with E-state index in [9.17, 15) is 13.5 Å². The molecule has 0 saturated heterocycles. The fraction of sp³-hybridized carbons (Fsp3) is 0.154. The van der Waals surface area contributed by atoms with Crippen molar-refractivity contribution in [2.45, 2.75) is 17.9 Å². The number of aromatic hydroxyl groups is 1. The van der Waals surface area contributed by atoms with Gasteiger partial charge in [-0.3, -0.25) is 0 Å². The summed E-state index contributed by atoms with van der Waals surface area (Å²) >= 11 is 5.69. The van der Waals surface area contributed by atoms with E-state index < -0.39 is 16.1 Å². The second kappa shape index (κ2) is 5.78. The molecule has 0 aliphatic rings. The number of aromatic nitrogens is 1. The van der Waals surface area contributed by atoms with Crippen molar-refractivity contribution < 1.29 is 13.5 Å². The molecule has 1 unspecified atom stereocenters. The van der Waals surface area contributed by atoms with Crippen molar-refractivity contribution in [3.05, 3.63) is 53.3 Å². The van der Waals surface area contributed by atoms with E-state index in [-0.39, 0.29) is 15.8 Å². The number of phenolic OH excluding ortho intramolecular Hbond substituents is 1. The maximum absolute atomic E-state index is 12.2. The average Bonchev–Trinajstić information content (AvgIpc) is 2.38. The molecule has 1 aromatic carbocycles. The van der Waals surface area contributed by atoms with Crippen LogP contribution in [0.15, 0.2) is 47.5 Å². The number of hydrogen-bond donors (Lipinski definition) is 2. The molecule has 7 heteroatoms. The van der Waals surface area contributed by atoms with Gasteiger partial charge >= 0.3 is 0 Å². The van der Waals surface area contributed by atoms with E-state index in [1.807, 2.05) is 0 Å². The van der Waals surface area contributed by atoms with Crippen LogP contribution in [0.4, 0.5) is 0 Å². The zero-order valence-electron chi connectivity index (χ0n) is 10.6. The molecule has 1 atom stereocenters. The van der Waals surface area contributed by atoms with E-state index in [2.05, 4.69) is 9.71 Å². The van der Waals surface area contributed by atoms with Gasteiger partial charge < -0.3 is 5.11 Å². The lowest BCUT2D eigenvalue weighted by Gasteiger charge is -2.15. The normalized spacial score (nSPS) is 13.1. The number of hydrogen-bond acceptors (Lipinski definition) is 4. The fourth-order valence-electron chi connectivity index (χ4n) is 1.71. The van der Waals surface area contributed by atoms with Gasteiger partial charge in [0.1, 0.15) is 10.9 Å². The van der Waals surface area contributed by atoms with E-state index in [4.69, 9.17) is 11.6 Å². The summed E-state index contributed by atoms with van der Waals surface area (Å²) in [5.41, 5.74) is 0.661. The Balaban J connectivity index is 2.24. The number of nitrogens with one attached hydrogen (secondary N) is 1. The predicted molar refractivity (Wildman–Crippen MR) is 76.1 cm³/mol. The maximum Gasteiger partial charge on any atom is 0.241 e. The second-order valence-electron chi connectivity index (χ2n) is 4.25. The Hall–Kier alpha value is -1.63. The topological polar surface area (TPSA) is 79.3 Å². The van der Waals surface area contributed by atoms with Crippen LogP contribution in [0.3, 0.4) is 0 Å². The van der Waals surface area contributed by atoms with E-state index in [1.54, 1.807) is 19.1 Å². The minimum atomic E-state index is -3.70. The van der Waals surface area contributed by atoms with Crippen molar-refractivity contribution in [2.75, 3.05) is 0 Å². The third-order valence-electron chi connectivity index (χ3n) is 2.71. The highest BCUT2D eigenvalue weighted by Gasteiger charge is 2.19. The summed E-state index contributed by atoms with van der Waals surface area (Å²) in [6.07, 6.45) is 1.33. The molecular formula is C13H13ClN2O3S. The van der Waals surface area contributed by atoms with Gasteiger partial charge in [-0.05, 0) is 36.8 Å². The van der Waals surface area contributed by atoms with E-state index >= 15 is 0 Å². The molecule has 20 heavy (non-hydrogen) atoms. The Kier molecular flexibility index (Phi) is 4.27. The van der Waals surface area contributed by atoms with Crippen molar-refractivity contribution in [3.63, 3.8) is 0 Å². The minimum absolute atomic E-state index is 0.0458. The molecule has 0 radical (unpaired) electrons. The summed E-state index contributed by atoms with van der Waals surface area (Å²) in [6.45, 7) is 1.69. The molecule has 0 saturated carbocycles.